The molecule has 0 fully saturated rings. The van der Waals surface area contributed by atoms with Crippen LogP contribution in [0.25, 0.3) is 0 Å². The third-order valence-electron chi connectivity index (χ3n) is 3.11. The van der Waals surface area contributed by atoms with Crippen molar-refractivity contribution in [1.82, 2.24) is 5.32 Å². The molecule has 5 nitrogen and oxygen atoms in total. The van der Waals surface area contributed by atoms with Crippen LogP contribution in [0.1, 0.15) is 30.9 Å². The number of carboxylic acid groups (broad SMARTS) is 1. The van der Waals surface area contributed by atoms with Crippen molar-refractivity contribution in [3.8, 4) is 5.75 Å². The minimum atomic E-state index is -0.863. The Balaban J connectivity index is 2.39. The second kappa shape index (κ2) is 7.53. The number of carbonyl (C=O) groups excluding carboxylic acids is 1. The van der Waals surface area contributed by atoms with Crippen molar-refractivity contribution < 1.29 is 19.4 Å². The number of carboxylic acids is 1. The van der Waals surface area contributed by atoms with Gasteiger partial charge in [-0.1, -0.05) is 12.1 Å². The maximum atomic E-state index is 11.7. The molecule has 1 amide bonds. The molecule has 0 bridgehead atoms. The maximum absolute atomic E-state index is 11.7. The predicted molar refractivity (Wildman–Crippen MR) is 75.9 cm³/mol. The van der Waals surface area contributed by atoms with E-state index in [1.165, 1.54) is 0 Å². The number of hydrogen-bond donors (Lipinski definition) is 2. The predicted octanol–water partition coefficient (Wildman–Crippen LogP) is 2.05. The summed E-state index contributed by atoms with van der Waals surface area (Å²) in [6.45, 7) is 5.63. The van der Waals surface area contributed by atoms with E-state index in [0.29, 0.717) is 12.2 Å². The Morgan fingerprint density at radius 2 is 2.05 bits per heavy atom. The van der Waals surface area contributed by atoms with Crippen molar-refractivity contribution in [1.29, 1.82) is 0 Å². The minimum Gasteiger partial charge on any atom is -0.483 e. The molecule has 20 heavy (non-hydrogen) atoms. The molecule has 0 spiro atoms. The first kappa shape index (κ1) is 16.0. The number of nitrogens with one attached hydrogen (secondary N) is 1. The number of carbonyl (C=O) groups is 2. The second-order valence-electron chi connectivity index (χ2n) is 4.89. The monoisotopic (exact) mass is 279 g/mol. The van der Waals surface area contributed by atoms with Crippen molar-refractivity contribution in [3.05, 3.63) is 29.3 Å². The largest absolute Gasteiger partial charge is 0.483 e. The lowest BCUT2D eigenvalue weighted by molar-refractivity contribution is -0.137. The van der Waals surface area contributed by atoms with E-state index in [0.717, 1.165) is 11.1 Å². The number of aryl methyl sites for hydroxylation is 1. The summed E-state index contributed by atoms with van der Waals surface area (Å²) in [7, 11) is 0. The van der Waals surface area contributed by atoms with Gasteiger partial charge in [-0.3, -0.25) is 9.59 Å². The molecular weight excluding hydrogens is 258 g/mol. The lowest BCUT2D eigenvalue weighted by Gasteiger charge is -2.14. The molecule has 1 atom stereocenters. The van der Waals surface area contributed by atoms with Gasteiger partial charge in [0.1, 0.15) is 5.75 Å². The van der Waals surface area contributed by atoms with Crippen LogP contribution in [0.4, 0.5) is 0 Å². The van der Waals surface area contributed by atoms with E-state index in [2.05, 4.69) is 5.32 Å². The maximum Gasteiger partial charge on any atom is 0.303 e. The smallest absolute Gasteiger partial charge is 0.303 e. The quantitative estimate of drug-likeness (QED) is 0.801. The zero-order valence-electron chi connectivity index (χ0n) is 12.1. The summed E-state index contributed by atoms with van der Waals surface area (Å²) in [4.78, 5) is 22.1. The topological polar surface area (TPSA) is 75.6 Å². The number of aliphatic carboxylic acids is 1. The van der Waals surface area contributed by atoms with E-state index in [9.17, 15) is 9.59 Å². The molecule has 0 aliphatic carbocycles. The molecular formula is C15H21NO4. The van der Waals surface area contributed by atoms with Crippen LogP contribution in [-0.4, -0.2) is 29.6 Å². The van der Waals surface area contributed by atoms with E-state index >= 15 is 0 Å². The first-order valence-corrected chi connectivity index (χ1v) is 6.60. The zero-order chi connectivity index (χ0) is 15.1. The van der Waals surface area contributed by atoms with E-state index in [1.807, 2.05) is 32.0 Å². The first-order valence-electron chi connectivity index (χ1n) is 6.60. The van der Waals surface area contributed by atoms with Crippen LogP contribution in [0.3, 0.4) is 0 Å². The van der Waals surface area contributed by atoms with Gasteiger partial charge in [0.15, 0.2) is 6.61 Å². The highest BCUT2D eigenvalue weighted by Gasteiger charge is 2.10. The second-order valence-corrected chi connectivity index (χ2v) is 4.89. The normalized spacial score (nSPS) is 11.8. The van der Waals surface area contributed by atoms with Gasteiger partial charge < -0.3 is 15.2 Å². The molecule has 0 saturated heterocycles. The van der Waals surface area contributed by atoms with Gasteiger partial charge in [0.05, 0.1) is 0 Å². The summed E-state index contributed by atoms with van der Waals surface area (Å²) in [5.41, 5.74) is 2.12. The molecule has 110 valence electrons. The Morgan fingerprint density at radius 3 is 2.70 bits per heavy atom. The zero-order valence-corrected chi connectivity index (χ0v) is 12.1. The van der Waals surface area contributed by atoms with Crippen LogP contribution < -0.4 is 10.1 Å². The van der Waals surface area contributed by atoms with Crippen LogP contribution in [-0.2, 0) is 9.59 Å². The van der Waals surface area contributed by atoms with Crippen molar-refractivity contribution in [2.45, 2.75) is 39.7 Å². The third-order valence-corrected chi connectivity index (χ3v) is 3.11. The summed E-state index contributed by atoms with van der Waals surface area (Å²) in [6.07, 6.45) is 0.448. The highest BCUT2D eigenvalue weighted by atomic mass is 16.5. The Labute approximate surface area is 118 Å². The van der Waals surface area contributed by atoms with E-state index < -0.39 is 5.97 Å². The van der Waals surface area contributed by atoms with Crippen LogP contribution in [0, 0.1) is 13.8 Å². The number of hydrogen-bond acceptors (Lipinski definition) is 3. The fourth-order valence-corrected chi connectivity index (χ4v) is 1.75. The van der Waals surface area contributed by atoms with Crippen LogP contribution in [0.5, 0.6) is 5.75 Å². The molecule has 1 aromatic carbocycles. The van der Waals surface area contributed by atoms with Gasteiger partial charge in [-0.15, -0.1) is 0 Å². The van der Waals surface area contributed by atoms with Gasteiger partial charge in [-0.2, -0.15) is 0 Å². The average Bonchev–Trinajstić information content (AvgIpc) is 2.38. The Morgan fingerprint density at radius 1 is 1.35 bits per heavy atom. The highest BCUT2D eigenvalue weighted by Crippen LogP contribution is 2.20. The summed E-state index contributed by atoms with van der Waals surface area (Å²) in [5.74, 6) is -0.417. The number of benzene rings is 1. The SMILES string of the molecule is Cc1cccc(OCC(=O)NC(C)CCC(=O)O)c1C. The van der Waals surface area contributed by atoms with Crippen LogP contribution >= 0.6 is 0 Å². The van der Waals surface area contributed by atoms with Gasteiger partial charge in [-0.05, 0) is 44.4 Å². The Hall–Kier alpha value is -2.04. The molecule has 0 aliphatic heterocycles. The van der Waals surface area contributed by atoms with E-state index in [1.54, 1.807) is 6.92 Å². The van der Waals surface area contributed by atoms with Crippen molar-refractivity contribution in [2.75, 3.05) is 6.61 Å². The van der Waals surface area contributed by atoms with Gasteiger partial charge in [0, 0.05) is 12.5 Å². The van der Waals surface area contributed by atoms with E-state index in [-0.39, 0.29) is 25.0 Å². The van der Waals surface area contributed by atoms with Crippen molar-refractivity contribution >= 4 is 11.9 Å². The fraction of sp³-hybridized carbons (Fsp3) is 0.467. The molecule has 1 rings (SSSR count). The standard InChI is InChI=1S/C15H21NO4/c1-10-5-4-6-13(12(10)3)20-9-14(17)16-11(2)7-8-15(18)19/h4-6,11H,7-9H2,1-3H3,(H,16,17)(H,18,19). The lowest BCUT2D eigenvalue weighted by Crippen LogP contribution is -2.36. The molecule has 1 unspecified atom stereocenters. The van der Waals surface area contributed by atoms with Crippen LogP contribution in [0.15, 0.2) is 18.2 Å². The third kappa shape index (κ3) is 5.30. The highest BCUT2D eigenvalue weighted by molar-refractivity contribution is 5.78. The van der Waals surface area contributed by atoms with Crippen LogP contribution in [0.2, 0.25) is 0 Å². The molecule has 0 aliphatic rings. The number of rotatable bonds is 7. The number of amides is 1. The number of ether oxygens (including phenoxy) is 1. The van der Waals surface area contributed by atoms with Gasteiger partial charge in [0.25, 0.3) is 5.91 Å². The molecule has 5 heteroatoms. The Bertz CT molecular complexity index is 485. The molecule has 0 saturated carbocycles. The average molecular weight is 279 g/mol. The molecule has 2 N–H and O–H groups in total. The first-order chi connectivity index (χ1) is 9.40. The Kier molecular flexibility index (Phi) is 6.03. The molecule has 0 aromatic heterocycles. The summed E-state index contributed by atoms with van der Waals surface area (Å²) < 4.78 is 5.48. The van der Waals surface area contributed by atoms with E-state index in [4.69, 9.17) is 9.84 Å². The summed E-state index contributed by atoms with van der Waals surface area (Å²) in [5, 5.41) is 11.3. The van der Waals surface area contributed by atoms with Crippen molar-refractivity contribution in [3.63, 3.8) is 0 Å². The minimum absolute atomic E-state index is 0.0410. The van der Waals surface area contributed by atoms with Gasteiger partial charge in [-0.25, -0.2) is 0 Å². The van der Waals surface area contributed by atoms with Gasteiger partial charge >= 0.3 is 5.97 Å². The molecule has 0 heterocycles. The lowest BCUT2D eigenvalue weighted by atomic mass is 10.1. The fourth-order valence-electron chi connectivity index (χ4n) is 1.75. The van der Waals surface area contributed by atoms with Crippen molar-refractivity contribution in [2.24, 2.45) is 0 Å². The summed E-state index contributed by atoms with van der Waals surface area (Å²) in [6, 6.07) is 5.51. The van der Waals surface area contributed by atoms with Gasteiger partial charge in [0.2, 0.25) is 0 Å². The summed E-state index contributed by atoms with van der Waals surface area (Å²) >= 11 is 0. The molecule has 0 radical (unpaired) electrons. The molecule has 1 aromatic rings.